The highest BCUT2D eigenvalue weighted by Crippen LogP contribution is 2.32. The van der Waals surface area contributed by atoms with Gasteiger partial charge in [-0.15, -0.1) is 0 Å². The molecule has 0 fully saturated rings. The molecule has 0 radical (unpaired) electrons. The number of benzene rings is 2. The van der Waals surface area contributed by atoms with Crippen LogP contribution in [-0.2, 0) is 29.2 Å². The Hall–Kier alpha value is -7.99. The number of nitrogens with one attached hydrogen (secondary N) is 2. The fourth-order valence-electron chi connectivity index (χ4n) is 6.44. The molecule has 0 aliphatic heterocycles. The molecular weight excluding hydrogens is 829 g/mol. The SMILES string of the molecule is CCOC(=O)c1c(-c2ccsc2)nn(CC)c(=O)c1Nc1cccnc1.CCn1nc(-c2ccccc2)c(C(=O)OCc2oc(=O)oc2C)c(Nc2cncc3ccccc23)c1=O. The lowest BCUT2D eigenvalue weighted by molar-refractivity contribution is 0.0443. The number of carbonyl (C=O) groups excluding carboxylic acids is 2. The Kier molecular flexibility index (Phi) is 13.4. The quantitative estimate of drug-likeness (QED) is 0.106. The van der Waals surface area contributed by atoms with E-state index in [2.05, 4.69) is 30.8 Å². The van der Waals surface area contributed by atoms with Crippen LogP contribution in [0.1, 0.15) is 53.0 Å². The average molecular weight is 869 g/mol. The van der Waals surface area contributed by atoms with Gasteiger partial charge in [0, 0.05) is 52.8 Å². The average Bonchev–Trinajstić information content (AvgIpc) is 3.96. The second kappa shape index (κ2) is 19.6. The van der Waals surface area contributed by atoms with E-state index in [-0.39, 0.29) is 59.5 Å². The van der Waals surface area contributed by atoms with Crippen molar-refractivity contribution in [1.29, 1.82) is 0 Å². The third-order valence-electron chi connectivity index (χ3n) is 9.46. The number of aromatic nitrogens is 6. The van der Waals surface area contributed by atoms with Gasteiger partial charge in [0.25, 0.3) is 11.1 Å². The van der Waals surface area contributed by atoms with Crippen LogP contribution in [0.4, 0.5) is 22.7 Å². The number of hydrogen-bond acceptors (Lipinski definition) is 16. The molecule has 0 saturated heterocycles. The van der Waals surface area contributed by atoms with Crippen LogP contribution < -0.4 is 27.6 Å². The largest absolute Gasteiger partial charge is 0.519 e. The van der Waals surface area contributed by atoms with Gasteiger partial charge in [0.2, 0.25) is 0 Å². The van der Waals surface area contributed by atoms with Crippen molar-refractivity contribution in [1.82, 2.24) is 29.5 Å². The third-order valence-corrected chi connectivity index (χ3v) is 10.1. The van der Waals surface area contributed by atoms with E-state index in [0.717, 1.165) is 16.3 Å². The number of fused-ring (bicyclic) bond motifs is 1. The topological polar surface area (TPSA) is 216 Å². The van der Waals surface area contributed by atoms with E-state index < -0.39 is 28.9 Å². The minimum absolute atomic E-state index is 0.00998. The maximum absolute atomic E-state index is 13.5. The van der Waals surface area contributed by atoms with Gasteiger partial charge in [0.1, 0.15) is 33.9 Å². The molecule has 8 aromatic rings. The number of anilines is 4. The summed E-state index contributed by atoms with van der Waals surface area (Å²) in [6, 6.07) is 21.9. The fraction of sp³-hybridized carbons (Fsp3) is 0.178. The van der Waals surface area contributed by atoms with Crippen LogP contribution in [0.3, 0.4) is 0 Å². The number of hydrogen-bond donors (Lipinski definition) is 2. The minimum atomic E-state index is -0.897. The van der Waals surface area contributed by atoms with Crippen LogP contribution in [0, 0.1) is 6.92 Å². The summed E-state index contributed by atoms with van der Waals surface area (Å²) in [5.74, 6) is -2.05. The number of rotatable bonds is 13. The molecule has 320 valence electrons. The maximum Gasteiger partial charge on any atom is 0.519 e. The summed E-state index contributed by atoms with van der Waals surface area (Å²) in [5.41, 5.74) is 2.47. The second-order valence-electron chi connectivity index (χ2n) is 13.4. The number of thiophene rings is 1. The Labute approximate surface area is 362 Å². The molecule has 8 rings (SSSR count). The monoisotopic (exact) mass is 868 g/mol. The van der Waals surface area contributed by atoms with E-state index >= 15 is 0 Å². The molecule has 0 atom stereocenters. The van der Waals surface area contributed by atoms with Crippen LogP contribution in [-0.4, -0.2) is 48.1 Å². The summed E-state index contributed by atoms with van der Waals surface area (Å²) in [5, 5.41) is 20.5. The van der Waals surface area contributed by atoms with Gasteiger partial charge in [-0.1, -0.05) is 54.6 Å². The van der Waals surface area contributed by atoms with E-state index in [4.69, 9.17) is 18.3 Å². The molecule has 0 amide bonds. The zero-order valence-electron chi connectivity index (χ0n) is 34.5. The van der Waals surface area contributed by atoms with Crippen molar-refractivity contribution >= 4 is 56.8 Å². The first-order valence-corrected chi connectivity index (χ1v) is 20.6. The number of pyridine rings is 2. The van der Waals surface area contributed by atoms with E-state index in [9.17, 15) is 24.0 Å². The van der Waals surface area contributed by atoms with Gasteiger partial charge >= 0.3 is 17.8 Å². The highest BCUT2D eigenvalue weighted by Gasteiger charge is 2.28. The van der Waals surface area contributed by atoms with Crippen molar-refractivity contribution in [3.8, 4) is 22.5 Å². The lowest BCUT2D eigenvalue weighted by Gasteiger charge is -2.17. The zero-order valence-corrected chi connectivity index (χ0v) is 35.3. The van der Waals surface area contributed by atoms with Gasteiger partial charge in [-0.2, -0.15) is 21.5 Å². The standard InChI is InChI=1S/C27H22N4O6.C18H18N4O3S/c1-3-31-25(32)24(29-20-14-28-13-18-11-7-8-12-19(18)20)22(23(30-31)17-9-5-4-6-10-17)26(33)35-15-21-16(2)36-27(34)37-21;1-3-22-17(23)16(20-13-6-5-8-19-10-13)14(18(24)25-4-2)15(21-22)12-7-9-26-11-12/h4-14,29H,3,15H2,1-2H3;5-11,20H,3-4H2,1-2H3. The molecule has 6 aromatic heterocycles. The molecule has 0 bridgehead atoms. The highest BCUT2D eigenvalue weighted by molar-refractivity contribution is 7.08. The predicted octanol–water partition coefficient (Wildman–Crippen LogP) is 7.74. The summed E-state index contributed by atoms with van der Waals surface area (Å²) in [6.45, 7) is 7.33. The van der Waals surface area contributed by atoms with Crippen LogP contribution in [0.25, 0.3) is 33.3 Å². The molecular formula is C45H40N8O9S. The molecule has 0 aliphatic rings. The van der Waals surface area contributed by atoms with E-state index in [0.29, 0.717) is 29.2 Å². The first kappa shape index (κ1) is 43.1. The summed E-state index contributed by atoms with van der Waals surface area (Å²) in [6.07, 6.45) is 6.50. The number of aryl methyl sites for hydroxylation is 3. The molecule has 18 heteroatoms. The summed E-state index contributed by atoms with van der Waals surface area (Å²) in [7, 11) is 0. The molecule has 0 spiro atoms. The Morgan fingerprint density at radius 3 is 2.00 bits per heavy atom. The molecule has 0 saturated carbocycles. The van der Waals surface area contributed by atoms with Gasteiger partial charge in [-0.25, -0.2) is 23.7 Å². The first-order chi connectivity index (χ1) is 30.6. The molecule has 0 aliphatic carbocycles. The number of esters is 2. The van der Waals surface area contributed by atoms with Gasteiger partial charge in [-0.3, -0.25) is 19.6 Å². The lowest BCUT2D eigenvalue weighted by Crippen LogP contribution is -2.29. The van der Waals surface area contributed by atoms with Crippen LogP contribution >= 0.6 is 11.3 Å². The van der Waals surface area contributed by atoms with Gasteiger partial charge in [0.15, 0.2) is 18.1 Å². The molecule has 17 nitrogen and oxygen atoms in total. The van der Waals surface area contributed by atoms with Crippen molar-refractivity contribution in [3.63, 3.8) is 0 Å². The van der Waals surface area contributed by atoms with Gasteiger partial charge < -0.3 is 28.9 Å². The van der Waals surface area contributed by atoms with Crippen molar-refractivity contribution in [2.45, 2.75) is 47.4 Å². The van der Waals surface area contributed by atoms with Crippen LogP contribution in [0.15, 0.2) is 132 Å². The fourth-order valence-corrected chi connectivity index (χ4v) is 7.08. The van der Waals surface area contributed by atoms with Crippen LogP contribution in [0.5, 0.6) is 0 Å². The number of carbonyl (C=O) groups is 2. The smallest absolute Gasteiger partial charge is 0.462 e. The van der Waals surface area contributed by atoms with Crippen molar-refractivity contribution < 1.29 is 27.9 Å². The van der Waals surface area contributed by atoms with Gasteiger partial charge in [-0.05, 0) is 51.3 Å². The first-order valence-electron chi connectivity index (χ1n) is 19.7. The minimum Gasteiger partial charge on any atom is -0.462 e. The molecule has 6 heterocycles. The van der Waals surface area contributed by atoms with Crippen LogP contribution in [0.2, 0.25) is 0 Å². The molecule has 2 aromatic carbocycles. The van der Waals surface area contributed by atoms with E-state index in [1.54, 1.807) is 75.0 Å². The van der Waals surface area contributed by atoms with E-state index in [1.165, 1.54) is 27.6 Å². The molecule has 63 heavy (non-hydrogen) atoms. The Bertz CT molecular complexity index is 3070. The van der Waals surface area contributed by atoms with E-state index in [1.807, 2.05) is 54.1 Å². The number of nitrogens with zero attached hydrogens (tertiary/aromatic N) is 6. The normalized spacial score (nSPS) is 10.8. The summed E-state index contributed by atoms with van der Waals surface area (Å²) < 4.78 is 23.1. The van der Waals surface area contributed by atoms with Crippen molar-refractivity contribution in [2.24, 2.45) is 0 Å². The number of ether oxygens (including phenoxy) is 2. The Morgan fingerprint density at radius 2 is 1.38 bits per heavy atom. The third kappa shape index (κ3) is 9.50. The molecule has 2 N–H and O–H groups in total. The van der Waals surface area contributed by atoms with Gasteiger partial charge in [0.05, 0.1) is 30.4 Å². The zero-order chi connectivity index (χ0) is 44.5. The van der Waals surface area contributed by atoms with Crippen molar-refractivity contribution in [2.75, 3.05) is 17.2 Å². The lowest BCUT2D eigenvalue weighted by atomic mass is 10.0. The Balaban J connectivity index is 0.000000201. The Morgan fingerprint density at radius 1 is 0.714 bits per heavy atom. The second-order valence-corrected chi connectivity index (χ2v) is 14.2. The highest BCUT2D eigenvalue weighted by atomic mass is 32.1. The van der Waals surface area contributed by atoms with Crippen molar-refractivity contribution in [3.05, 3.63) is 162 Å². The summed E-state index contributed by atoms with van der Waals surface area (Å²) in [4.78, 5) is 72.3. The summed E-state index contributed by atoms with van der Waals surface area (Å²) >= 11 is 1.49. The predicted molar refractivity (Wildman–Crippen MR) is 237 cm³/mol. The maximum atomic E-state index is 13.5. The molecule has 0 unspecified atom stereocenters.